The summed E-state index contributed by atoms with van der Waals surface area (Å²) >= 11 is 0. The van der Waals surface area contributed by atoms with Gasteiger partial charge in [-0.05, 0) is 17.7 Å². The normalized spacial score (nSPS) is 21.5. The number of hydrogen-bond donors (Lipinski definition) is 3. The number of aliphatic hydroxyl groups excluding tert-OH is 1. The molecule has 142 valence electrons. The smallest absolute Gasteiger partial charge is 0.264 e. The molecule has 8 nitrogen and oxygen atoms in total. The van der Waals surface area contributed by atoms with Crippen molar-refractivity contribution in [3.8, 4) is 0 Å². The van der Waals surface area contributed by atoms with E-state index in [0.717, 1.165) is 10.5 Å². The number of fused-ring (bicyclic) bond motifs is 1. The van der Waals surface area contributed by atoms with Crippen LogP contribution in [0.3, 0.4) is 0 Å². The van der Waals surface area contributed by atoms with E-state index in [9.17, 15) is 24.3 Å². The van der Waals surface area contributed by atoms with E-state index in [-0.39, 0.29) is 17.5 Å². The Morgan fingerprint density at radius 3 is 2.46 bits per heavy atom. The number of aliphatic hydroxyl groups is 1. The van der Waals surface area contributed by atoms with Crippen LogP contribution in [0.25, 0.3) is 0 Å². The number of hydrogen-bond acceptors (Lipinski definition) is 6. The summed E-state index contributed by atoms with van der Waals surface area (Å²) in [5, 5.41) is 14.9. The molecule has 2 unspecified atom stereocenters. The fourth-order valence-corrected chi connectivity index (χ4v) is 3.46. The molecule has 2 aromatic rings. The standard InChI is InChI=1S/C20H17N3O5/c24-15-9-14(17(25)22-18(15)26)23-19(27)12-7-4-8-13(16(12)20(23)28)21-10-11-5-2-1-3-6-11/h1-8,14-15,21,24H,9-10H2,(H,22,25,26). The lowest BCUT2D eigenvalue weighted by atomic mass is 10.0. The lowest BCUT2D eigenvalue weighted by Gasteiger charge is -2.30. The third-order valence-corrected chi connectivity index (χ3v) is 4.88. The van der Waals surface area contributed by atoms with Crippen molar-refractivity contribution in [2.75, 3.05) is 5.32 Å². The van der Waals surface area contributed by atoms with Crippen molar-refractivity contribution in [2.45, 2.75) is 25.1 Å². The number of nitrogens with one attached hydrogen (secondary N) is 2. The van der Waals surface area contributed by atoms with Crippen molar-refractivity contribution >= 4 is 29.3 Å². The summed E-state index contributed by atoms with van der Waals surface area (Å²) in [5.41, 5.74) is 1.85. The van der Waals surface area contributed by atoms with Gasteiger partial charge in [0.05, 0.1) is 11.1 Å². The molecule has 3 N–H and O–H groups in total. The van der Waals surface area contributed by atoms with Gasteiger partial charge in [-0.25, -0.2) is 0 Å². The Morgan fingerprint density at radius 1 is 0.964 bits per heavy atom. The molecule has 0 saturated carbocycles. The summed E-state index contributed by atoms with van der Waals surface area (Å²) in [6, 6.07) is 13.2. The Morgan fingerprint density at radius 2 is 1.71 bits per heavy atom. The molecule has 4 rings (SSSR count). The molecule has 1 fully saturated rings. The Hall–Kier alpha value is -3.52. The van der Waals surface area contributed by atoms with Gasteiger partial charge in [0.15, 0.2) is 0 Å². The number of piperidine rings is 1. The van der Waals surface area contributed by atoms with Gasteiger partial charge in [-0.2, -0.15) is 0 Å². The summed E-state index contributed by atoms with van der Waals surface area (Å²) in [6.07, 6.45) is -1.77. The van der Waals surface area contributed by atoms with E-state index in [1.54, 1.807) is 12.1 Å². The highest BCUT2D eigenvalue weighted by Gasteiger charge is 2.47. The summed E-state index contributed by atoms with van der Waals surface area (Å²) in [5.74, 6) is -2.85. The number of anilines is 1. The molecule has 0 aliphatic carbocycles. The third kappa shape index (κ3) is 2.93. The maximum Gasteiger partial charge on any atom is 0.264 e. The van der Waals surface area contributed by atoms with E-state index in [2.05, 4.69) is 5.32 Å². The second kappa shape index (κ2) is 6.90. The summed E-state index contributed by atoms with van der Waals surface area (Å²) < 4.78 is 0. The molecule has 2 heterocycles. The molecule has 2 aromatic carbocycles. The average Bonchev–Trinajstić information content (AvgIpc) is 2.95. The maximum absolute atomic E-state index is 13.0. The summed E-state index contributed by atoms with van der Waals surface area (Å²) in [6.45, 7) is 0.454. The lowest BCUT2D eigenvalue weighted by Crippen LogP contribution is -2.58. The van der Waals surface area contributed by atoms with Gasteiger partial charge in [0.2, 0.25) is 5.91 Å². The number of amides is 4. The van der Waals surface area contributed by atoms with Crippen molar-refractivity contribution in [1.82, 2.24) is 10.2 Å². The maximum atomic E-state index is 13.0. The molecule has 28 heavy (non-hydrogen) atoms. The van der Waals surface area contributed by atoms with E-state index in [1.165, 1.54) is 6.07 Å². The monoisotopic (exact) mass is 379 g/mol. The minimum absolute atomic E-state index is 0.183. The molecular weight excluding hydrogens is 362 g/mol. The molecule has 1 saturated heterocycles. The van der Waals surface area contributed by atoms with Crippen LogP contribution in [0.1, 0.15) is 32.7 Å². The Labute approximate surface area is 160 Å². The predicted molar refractivity (Wildman–Crippen MR) is 98.3 cm³/mol. The van der Waals surface area contributed by atoms with Crippen LogP contribution in [0.15, 0.2) is 48.5 Å². The fraction of sp³-hybridized carbons (Fsp3) is 0.200. The second-order valence-corrected chi connectivity index (χ2v) is 6.67. The molecule has 0 bridgehead atoms. The van der Waals surface area contributed by atoms with Gasteiger partial charge in [0.25, 0.3) is 17.7 Å². The topological polar surface area (TPSA) is 116 Å². The summed E-state index contributed by atoms with van der Waals surface area (Å²) in [7, 11) is 0. The van der Waals surface area contributed by atoms with Crippen molar-refractivity contribution in [1.29, 1.82) is 0 Å². The molecule has 0 spiro atoms. The van der Waals surface area contributed by atoms with Crippen molar-refractivity contribution in [2.24, 2.45) is 0 Å². The Balaban J connectivity index is 1.62. The predicted octanol–water partition coefficient (Wildman–Crippen LogP) is 0.671. The van der Waals surface area contributed by atoms with Crippen LogP contribution in [0, 0.1) is 0 Å². The van der Waals surface area contributed by atoms with Crippen LogP contribution >= 0.6 is 0 Å². The molecule has 8 heteroatoms. The van der Waals surface area contributed by atoms with Crippen LogP contribution in [-0.2, 0) is 16.1 Å². The zero-order valence-electron chi connectivity index (χ0n) is 14.7. The zero-order chi connectivity index (χ0) is 19.8. The highest BCUT2D eigenvalue weighted by molar-refractivity contribution is 6.25. The number of imide groups is 2. The number of nitrogens with zero attached hydrogens (tertiary/aromatic N) is 1. The van der Waals surface area contributed by atoms with Crippen molar-refractivity contribution in [3.63, 3.8) is 0 Å². The van der Waals surface area contributed by atoms with Crippen LogP contribution in [0.2, 0.25) is 0 Å². The zero-order valence-corrected chi connectivity index (χ0v) is 14.7. The largest absolute Gasteiger partial charge is 0.383 e. The molecule has 0 aromatic heterocycles. The van der Waals surface area contributed by atoms with Crippen LogP contribution in [-0.4, -0.2) is 45.8 Å². The van der Waals surface area contributed by atoms with Crippen LogP contribution in [0.5, 0.6) is 0 Å². The van der Waals surface area contributed by atoms with Gasteiger partial charge in [-0.1, -0.05) is 36.4 Å². The second-order valence-electron chi connectivity index (χ2n) is 6.67. The van der Waals surface area contributed by atoms with Gasteiger partial charge in [-0.15, -0.1) is 0 Å². The Kier molecular flexibility index (Phi) is 4.40. The van der Waals surface area contributed by atoms with Gasteiger partial charge < -0.3 is 10.4 Å². The summed E-state index contributed by atoms with van der Waals surface area (Å²) in [4.78, 5) is 50.2. The first-order chi connectivity index (χ1) is 13.5. The van der Waals surface area contributed by atoms with E-state index < -0.39 is 35.8 Å². The Bertz CT molecular complexity index is 989. The molecule has 2 atom stereocenters. The molecule has 2 aliphatic rings. The first-order valence-corrected chi connectivity index (χ1v) is 8.79. The first kappa shape index (κ1) is 17.9. The third-order valence-electron chi connectivity index (χ3n) is 4.88. The first-order valence-electron chi connectivity index (χ1n) is 8.79. The van der Waals surface area contributed by atoms with Gasteiger partial charge in [0.1, 0.15) is 12.1 Å². The highest BCUT2D eigenvalue weighted by atomic mass is 16.3. The SMILES string of the molecule is O=C1NC(=O)C(N2C(=O)c3cccc(NCc4ccccc4)c3C2=O)CC1O. The van der Waals surface area contributed by atoms with E-state index >= 15 is 0 Å². The average molecular weight is 379 g/mol. The number of rotatable bonds is 4. The van der Waals surface area contributed by atoms with Gasteiger partial charge in [0, 0.05) is 18.7 Å². The molecule has 0 radical (unpaired) electrons. The molecule has 2 aliphatic heterocycles. The van der Waals surface area contributed by atoms with E-state index in [0.29, 0.717) is 12.2 Å². The molecular formula is C20H17N3O5. The van der Waals surface area contributed by atoms with E-state index in [1.807, 2.05) is 35.6 Å². The minimum atomic E-state index is -1.46. The van der Waals surface area contributed by atoms with Gasteiger partial charge in [-0.3, -0.25) is 29.4 Å². The number of benzene rings is 2. The van der Waals surface area contributed by atoms with Crippen LogP contribution < -0.4 is 10.6 Å². The van der Waals surface area contributed by atoms with Crippen LogP contribution in [0.4, 0.5) is 5.69 Å². The number of carbonyl (C=O) groups excluding carboxylic acids is 4. The van der Waals surface area contributed by atoms with Gasteiger partial charge >= 0.3 is 0 Å². The molecule has 4 amide bonds. The number of carbonyl (C=O) groups is 4. The van der Waals surface area contributed by atoms with E-state index in [4.69, 9.17) is 0 Å². The fourth-order valence-electron chi connectivity index (χ4n) is 3.46. The quantitative estimate of drug-likeness (QED) is 0.673. The minimum Gasteiger partial charge on any atom is -0.383 e. The van der Waals surface area contributed by atoms with Crippen molar-refractivity contribution < 1.29 is 24.3 Å². The van der Waals surface area contributed by atoms with Crippen molar-refractivity contribution in [3.05, 3.63) is 65.2 Å². The lowest BCUT2D eigenvalue weighted by molar-refractivity contribution is -0.143. The highest BCUT2D eigenvalue weighted by Crippen LogP contribution is 2.32.